The van der Waals surface area contributed by atoms with Crippen LogP contribution in [0.15, 0.2) is 52.2 Å². The molecule has 0 aliphatic heterocycles. The highest BCUT2D eigenvalue weighted by molar-refractivity contribution is 6.30. The Bertz CT molecular complexity index is 1260. The minimum absolute atomic E-state index is 0.140. The number of anilines is 3. The molecule has 0 radical (unpaired) electrons. The first-order valence-corrected chi connectivity index (χ1v) is 8.67. The number of nitro benzene ring substituents is 1. The maximum atomic E-state index is 10.9. The maximum absolute atomic E-state index is 10.9. The first-order valence-electron chi connectivity index (χ1n) is 8.29. The van der Waals surface area contributed by atoms with E-state index < -0.39 is 4.92 Å². The zero-order valence-corrected chi connectivity index (χ0v) is 15.6. The lowest BCUT2D eigenvalue weighted by Gasteiger charge is -2.09. The second kappa shape index (κ2) is 7.97. The van der Waals surface area contributed by atoms with Crippen LogP contribution in [0.4, 0.5) is 23.0 Å². The fraction of sp³-hybridized carbons (Fsp3) is 0. The molecule has 4 rings (SSSR count). The summed E-state index contributed by atoms with van der Waals surface area (Å²) in [5, 5.41) is 35.7. The molecule has 12 nitrogen and oxygen atoms in total. The van der Waals surface area contributed by atoms with Gasteiger partial charge in [0, 0.05) is 28.4 Å². The van der Waals surface area contributed by atoms with Gasteiger partial charge in [0.05, 0.1) is 11.1 Å². The van der Waals surface area contributed by atoms with Gasteiger partial charge in [-0.15, -0.1) is 0 Å². The Kier molecular flexibility index (Phi) is 5.05. The van der Waals surface area contributed by atoms with Crippen LogP contribution in [0, 0.1) is 10.1 Å². The molecule has 0 saturated carbocycles. The number of non-ortho nitro benzene ring substituents is 1. The van der Waals surface area contributed by atoms with Gasteiger partial charge in [-0.2, -0.15) is 10.1 Å². The number of rotatable bonds is 6. The van der Waals surface area contributed by atoms with Crippen LogP contribution in [0.5, 0.6) is 5.75 Å². The van der Waals surface area contributed by atoms with Crippen molar-refractivity contribution in [3.05, 3.63) is 63.2 Å². The predicted molar refractivity (Wildman–Crippen MR) is 108 cm³/mol. The summed E-state index contributed by atoms with van der Waals surface area (Å²) >= 11 is 5.90. The molecule has 150 valence electrons. The topological polar surface area (TPSA) is 164 Å². The van der Waals surface area contributed by atoms with Crippen molar-refractivity contribution in [2.24, 2.45) is 5.10 Å². The van der Waals surface area contributed by atoms with Crippen molar-refractivity contribution in [3.8, 4) is 5.75 Å². The van der Waals surface area contributed by atoms with E-state index in [9.17, 15) is 15.2 Å². The summed E-state index contributed by atoms with van der Waals surface area (Å²) in [6, 6.07) is 10.5. The zero-order chi connectivity index (χ0) is 21.1. The van der Waals surface area contributed by atoms with E-state index in [1.807, 2.05) is 0 Å². The number of nitrogens with one attached hydrogen (secondary N) is 2. The monoisotopic (exact) mass is 426 g/mol. The van der Waals surface area contributed by atoms with E-state index in [-0.39, 0.29) is 39.9 Å². The molecule has 3 N–H and O–H groups in total. The van der Waals surface area contributed by atoms with Crippen molar-refractivity contribution >= 4 is 52.1 Å². The number of phenolic OH excluding ortho intramolecular Hbond substituents is 1. The Balaban J connectivity index is 1.63. The van der Waals surface area contributed by atoms with Crippen molar-refractivity contribution in [2.75, 3.05) is 10.7 Å². The molecule has 2 aromatic carbocycles. The second-order valence-corrected chi connectivity index (χ2v) is 6.27. The zero-order valence-electron chi connectivity index (χ0n) is 14.9. The van der Waals surface area contributed by atoms with E-state index in [1.54, 1.807) is 24.3 Å². The number of hydrogen-bond acceptors (Lipinski definition) is 11. The van der Waals surface area contributed by atoms with E-state index >= 15 is 0 Å². The van der Waals surface area contributed by atoms with E-state index in [2.05, 4.69) is 40.8 Å². The number of hydrogen-bond donors (Lipinski definition) is 3. The van der Waals surface area contributed by atoms with Gasteiger partial charge in [-0.1, -0.05) is 11.6 Å². The van der Waals surface area contributed by atoms with Gasteiger partial charge in [0.1, 0.15) is 5.75 Å². The van der Waals surface area contributed by atoms with Crippen LogP contribution in [0.1, 0.15) is 5.56 Å². The molecule has 2 heterocycles. The Labute approximate surface area is 172 Å². The van der Waals surface area contributed by atoms with Crippen LogP contribution in [0.3, 0.4) is 0 Å². The number of fused-ring (bicyclic) bond motifs is 1. The molecule has 0 bridgehead atoms. The Morgan fingerprint density at radius 2 is 1.80 bits per heavy atom. The number of halogens is 1. The molecule has 0 amide bonds. The first kappa shape index (κ1) is 19.0. The number of hydrazone groups is 1. The fourth-order valence-electron chi connectivity index (χ4n) is 2.39. The highest BCUT2D eigenvalue weighted by Crippen LogP contribution is 2.25. The van der Waals surface area contributed by atoms with Crippen molar-refractivity contribution in [1.29, 1.82) is 0 Å². The SMILES string of the molecule is O=[N+]([O-])c1ccc(O)c(C=NNc2nc3nonc3nc2Nc2ccc(Cl)cc2)c1. The molecule has 2 aromatic heterocycles. The van der Waals surface area contributed by atoms with Gasteiger partial charge in [0.2, 0.25) is 11.3 Å². The molecule has 30 heavy (non-hydrogen) atoms. The molecular formula is C17H11ClN8O4. The molecule has 0 saturated heterocycles. The average Bonchev–Trinajstić information content (AvgIpc) is 3.18. The third-order valence-corrected chi connectivity index (χ3v) is 4.07. The summed E-state index contributed by atoms with van der Waals surface area (Å²) in [6.45, 7) is 0. The van der Waals surface area contributed by atoms with Gasteiger partial charge in [0.15, 0.2) is 11.6 Å². The van der Waals surface area contributed by atoms with E-state index in [0.717, 1.165) is 0 Å². The lowest BCUT2D eigenvalue weighted by Crippen LogP contribution is -2.03. The molecule has 0 unspecified atom stereocenters. The minimum atomic E-state index is -0.574. The van der Waals surface area contributed by atoms with Crippen molar-refractivity contribution in [2.45, 2.75) is 0 Å². The number of nitro groups is 1. The smallest absolute Gasteiger partial charge is 0.270 e. The van der Waals surface area contributed by atoms with Crippen molar-refractivity contribution in [3.63, 3.8) is 0 Å². The third kappa shape index (κ3) is 4.07. The Morgan fingerprint density at radius 3 is 2.50 bits per heavy atom. The maximum Gasteiger partial charge on any atom is 0.270 e. The molecule has 0 aliphatic rings. The van der Waals surface area contributed by atoms with Crippen LogP contribution in [-0.4, -0.2) is 36.5 Å². The minimum Gasteiger partial charge on any atom is -0.507 e. The normalized spacial score (nSPS) is 11.1. The first-order chi connectivity index (χ1) is 14.5. The summed E-state index contributed by atoms with van der Waals surface area (Å²) in [5.74, 6) is 0.267. The van der Waals surface area contributed by atoms with Crippen LogP contribution >= 0.6 is 11.6 Å². The molecule has 13 heteroatoms. The number of aromatic nitrogens is 4. The van der Waals surface area contributed by atoms with Gasteiger partial charge in [-0.3, -0.25) is 15.5 Å². The van der Waals surface area contributed by atoms with Gasteiger partial charge < -0.3 is 10.4 Å². The fourth-order valence-corrected chi connectivity index (χ4v) is 2.52. The van der Waals surface area contributed by atoms with Gasteiger partial charge in [-0.25, -0.2) is 9.61 Å². The largest absolute Gasteiger partial charge is 0.507 e. The van der Waals surface area contributed by atoms with Crippen LogP contribution in [0.2, 0.25) is 5.02 Å². The Hall–Kier alpha value is -4.32. The molecule has 0 spiro atoms. The molecular weight excluding hydrogens is 416 g/mol. The van der Waals surface area contributed by atoms with E-state index in [0.29, 0.717) is 10.7 Å². The number of nitrogens with zero attached hydrogens (tertiary/aromatic N) is 6. The predicted octanol–water partition coefficient (Wildman–Crippen LogP) is 3.47. The van der Waals surface area contributed by atoms with Gasteiger partial charge >= 0.3 is 0 Å². The summed E-state index contributed by atoms with van der Waals surface area (Å²) in [5.41, 5.74) is 3.62. The summed E-state index contributed by atoms with van der Waals surface area (Å²) in [4.78, 5) is 18.8. The highest BCUT2D eigenvalue weighted by Gasteiger charge is 2.13. The van der Waals surface area contributed by atoms with Crippen LogP contribution in [0.25, 0.3) is 11.3 Å². The van der Waals surface area contributed by atoms with Crippen molar-refractivity contribution < 1.29 is 14.7 Å². The highest BCUT2D eigenvalue weighted by atomic mass is 35.5. The van der Waals surface area contributed by atoms with Gasteiger partial charge in [0.25, 0.3) is 5.69 Å². The molecule has 0 atom stereocenters. The Morgan fingerprint density at radius 1 is 1.10 bits per heavy atom. The lowest BCUT2D eigenvalue weighted by molar-refractivity contribution is -0.384. The molecule has 0 aliphatic carbocycles. The second-order valence-electron chi connectivity index (χ2n) is 5.83. The van der Waals surface area contributed by atoms with Crippen LogP contribution in [-0.2, 0) is 0 Å². The van der Waals surface area contributed by atoms with Crippen molar-refractivity contribution in [1.82, 2.24) is 20.3 Å². The van der Waals surface area contributed by atoms with Gasteiger partial charge in [-0.05, 0) is 40.6 Å². The lowest BCUT2D eigenvalue weighted by atomic mass is 10.2. The molecule has 0 fully saturated rings. The number of aromatic hydroxyl groups is 1. The average molecular weight is 427 g/mol. The number of benzene rings is 2. The summed E-state index contributed by atoms with van der Waals surface area (Å²) in [7, 11) is 0. The molecule has 4 aromatic rings. The standard InChI is InChI=1S/C17H11ClN8O4/c18-10-1-3-11(4-2-10)20-14-15(22-17-16(21-14)24-30-25-17)23-19-8-9-7-12(26(28)29)5-6-13(9)27/h1-8,27H,(H,20,21,24)(H,22,23,25). The summed E-state index contributed by atoms with van der Waals surface area (Å²) in [6.07, 6.45) is 1.21. The third-order valence-electron chi connectivity index (χ3n) is 3.82. The van der Waals surface area contributed by atoms with E-state index in [1.165, 1.54) is 24.4 Å². The summed E-state index contributed by atoms with van der Waals surface area (Å²) < 4.78 is 4.63. The van der Waals surface area contributed by atoms with Crippen LogP contribution < -0.4 is 10.7 Å². The quantitative estimate of drug-likeness (QED) is 0.236. The van der Waals surface area contributed by atoms with E-state index in [4.69, 9.17) is 11.6 Å². The number of phenols is 1.